The summed E-state index contributed by atoms with van der Waals surface area (Å²) in [7, 11) is 0. The van der Waals surface area contributed by atoms with Crippen LogP contribution in [0.15, 0.2) is 0 Å². The Kier molecular flexibility index (Phi) is 7.35. The lowest BCUT2D eigenvalue weighted by Crippen LogP contribution is -1.85. The molecule has 3 nitrogen and oxygen atoms in total. The average molecular weight is 140 g/mol. The van der Waals surface area contributed by atoms with Gasteiger partial charge in [-0.15, -0.1) is 4.79 Å². The van der Waals surface area contributed by atoms with E-state index in [0.717, 1.165) is 6.08 Å². The summed E-state index contributed by atoms with van der Waals surface area (Å²) in [5.41, 5.74) is 7.08. The Bertz CT molecular complexity index is 109. The Balaban J connectivity index is 0.000000180. The first-order chi connectivity index (χ1) is 4.91. The summed E-state index contributed by atoms with van der Waals surface area (Å²) < 4.78 is 0. The van der Waals surface area contributed by atoms with Gasteiger partial charge >= 0.3 is 6.08 Å². The Morgan fingerprint density at radius 3 is 1.30 bits per heavy atom. The number of nitrogens with zero attached hydrogens (tertiary/aromatic N) is 2. The van der Waals surface area contributed by atoms with E-state index in [4.69, 9.17) is 10.3 Å². The number of isocyanates is 1. The fraction of sp³-hybridized carbons (Fsp3) is 0.857. The van der Waals surface area contributed by atoms with E-state index < -0.39 is 0 Å². The van der Waals surface area contributed by atoms with Crippen LogP contribution in [-0.2, 0) is 4.79 Å². The van der Waals surface area contributed by atoms with Gasteiger partial charge in [0.2, 0.25) is 0 Å². The second-order valence-electron chi connectivity index (χ2n) is 2.31. The predicted molar refractivity (Wildman–Crippen MR) is 37.0 cm³/mol. The van der Waals surface area contributed by atoms with Crippen LogP contribution in [0, 0.1) is 0 Å². The highest BCUT2D eigenvalue weighted by Gasteiger charge is 1.95. The largest absolute Gasteiger partial charge is 0.557 e. The molecule has 0 aromatic carbocycles. The molecule has 1 rings (SSSR count). The average Bonchev–Trinajstić information content (AvgIpc) is 2.08. The summed E-state index contributed by atoms with van der Waals surface area (Å²) in [6.45, 7) is 0. The van der Waals surface area contributed by atoms with Gasteiger partial charge in [-0.25, -0.2) is 0 Å². The summed E-state index contributed by atoms with van der Waals surface area (Å²) in [6, 6.07) is 0. The highest BCUT2D eigenvalue weighted by Crippen LogP contribution is 2.15. The maximum atomic E-state index is 8.63. The maximum absolute atomic E-state index is 8.63. The quantitative estimate of drug-likeness (QED) is 0.219. The molecule has 0 aromatic heterocycles. The Labute approximate surface area is 60.7 Å². The minimum absolute atomic E-state index is 0.861. The summed E-state index contributed by atoms with van der Waals surface area (Å²) in [4.78, 5) is 10.6. The van der Waals surface area contributed by atoms with Crippen molar-refractivity contribution >= 4 is 6.08 Å². The topological polar surface area (TPSA) is 53.5 Å². The Morgan fingerprint density at radius 2 is 1.20 bits per heavy atom. The van der Waals surface area contributed by atoms with Gasteiger partial charge in [-0.1, -0.05) is 43.3 Å². The zero-order chi connectivity index (χ0) is 7.66. The van der Waals surface area contributed by atoms with E-state index in [1.54, 1.807) is 0 Å². The molecule has 1 fully saturated rings. The molecule has 0 N–H and O–H groups in total. The summed E-state index contributed by atoms with van der Waals surface area (Å²) in [5.74, 6) is 0. The maximum Gasteiger partial charge on any atom is 0.557 e. The minimum atomic E-state index is 0.861. The molecule has 1 aliphatic carbocycles. The van der Waals surface area contributed by atoms with Crippen molar-refractivity contribution in [1.29, 1.82) is 0 Å². The first-order valence-electron chi connectivity index (χ1n) is 3.63. The van der Waals surface area contributed by atoms with Gasteiger partial charge in [0, 0.05) is 0 Å². The number of hydrogen-bond acceptors (Lipinski definition) is 1. The zero-order valence-electron chi connectivity index (χ0n) is 6.05. The van der Waals surface area contributed by atoms with Gasteiger partial charge in [-0.3, -0.25) is 0 Å². The van der Waals surface area contributed by atoms with Crippen LogP contribution in [-0.4, -0.2) is 10.9 Å². The van der Waals surface area contributed by atoms with Crippen LogP contribution < -0.4 is 0 Å². The van der Waals surface area contributed by atoms with Crippen molar-refractivity contribution in [2.45, 2.75) is 38.5 Å². The van der Waals surface area contributed by atoms with Gasteiger partial charge in [-0.05, 0) is 0 Å². The van der Waals surface area contributed by atoms with Crippen LogP contribution in [0.3, 0.4) is 0 Å². The normalized spacial score (nSPS) is 15.6. The lowest BCUT2D eigenvalue weighted by Gasteiger charge is -2.05. The van der Waals surface area contributed by atoms with Gasteiger partial charge in [0.05, 0.1) is 0 Å². The molecule has 0 saturated heterocycles. The molecule has 1 saturated carbocycles. The molecule has 0 bridgehead atoms. The molecule has 10 heavy (non-hydrogen) atoms. The molecule has 0 spiro atoms. The van der Waals surface area contributed by atoms with E-state index >= 15 is 0 Å². The van der Waals surface area contributed by atoms with Crippen LogP contribution in [0.4, 0.5) is 0 Å². The van der Waals surface area contributed by atoms with Crippen LogP contribution >= 0.6 is 0 Å². The van der Waals surface area contributed by atoms with E-state index in [-0.39, 0.29) is 0 Å². The molecular formula is C7H12N2O. The fourth-order valence-corrected chi connectivity index (χ4v) is 1.06. The molecule has 56 valence electrons. The SMILES string of the molecule is C1CCCCC1.[N-]=[N+]=C=O. The van der Waals surface area contributed by atoms with Crippen molar-refractivity contribution < 1.29 is 9.58 Å². The number of hydrogen-bond donors (Lipinski definition) is 0. The Morgan fingerprint density at radius 1 is 1.00 bits per heavy atom. The molecule has 0 atom stereocenters. The van der Waals surface area contributed by atoms with Crippen LogP contribution in [0.25, 0.3) is 5.53 Å². The standard InChI is InChI=1S/C6H12.CN2O/c1-2-4-6-5-3-1;2-3-1-4/h1-6H2;. The van der Waals surface area contributed by atoms with Crippen LogP contribution in [0.1, 0.15) is 38.5 Å². The predicted octanol–water partition coefficient (Wildman–Crippen LogP) is 1.89. The molecule has 0 unspecified atom stereocenters. The van der Waals surface area contributed by atoms with Crippen molar-refractivity contribution in [3.8, 4) is 0 Å². The van der Waals surface area contributed by atoms with E-state index in [1.165, 1.54) is 38.5 Å². The van der Waals surface area contributed by atoms with E-state index in [9.17, 15) is 0 Å². The van der Waals surface area contributed by atoms with Crippen molar-refractivity contribution in [2.75, 3.05) is 0 Å². The highest BCUT2D eigenvalue weighted by molar-refractivity contribution is 5.22. The van der Waals surface area contributed by atoms with E-state index in [0.29, 0.717) is 0 Å². The lowest BCUT2D eigenvalue weighted by molar-refractivity contribution is -0.00453. The van der Waals surface area contributed by atoms with E-state index in [2.05, 4.69) is 0 Å². The molecule has 1 aliphatic rings. The number of carbonyl (C=O) groups excluding carboxylic acids is 1. The third-order valence-corrected chi connectivity index (χ3v) is 1.54. The summed E-state index contributed by atoms with van der Waals surface area (Å²) >= 11 is 0. The van der Waals surface area contributed by atoms with Crippen molar-refractivity contribution in [3.63, 3.8) is 0 Å². The highest BCUT2D eigenvalue weighted by atomic mass is 16.1. The van der Waals surface area contributed by atoms with Gasteiger partial charge in [0.15, 0.2) is 0 Å². The van der Waals surface area contributed by atoms with Crippen molar-refractivity contribution in [2.24, 2.45) is 0 Å². The summed E-state index contributed by atoms with van der Waals surface area (Å²) in [5, 5.41) is 0. The molecule has 0 aromatic rings. The summed E-state index contributed by atoms with van der Waals surface area (Å²) in [6.07, 6.45) is 9.86. The van der Waals surface area contributed by atoms with E-state index in [1.807, 2.05) is 4.79 Å². The molecular weight excluding hydrogens is 128 g/mol. The number of rotatable bonds is 0. The first kappa shape index (κ1) is 9.09. The van der Waals surface area contributed by atoms with Crippen molar-refractivity contribution in [3.05, 3.63) is 5.53 Å². The van der Waals surface area contributed by atoms with Gasteiger partial charge < -0.3 is 5.53 Å². The molecule has 3 heteroatoms. The lowest BCUT2D eigenvalue weighted by atomic mass is 10.0. The zero-order valence-corrected chi connectivity index (χ0v) is 6.05. The fourth-order valence-electron chi connectivity index (χ4n) is 1.06. The monoisotopic (exact) mass is 140 g/mol. The van der Waals surface area contributed by atoms with Gasteiger partial charge in [-0.2, -0.15) is 0 Å². The van der Waals surface area contributed by atoms with Gasteiger partial charge in [0.1, 0.15) is 0 Å². The Hall–Kier alpha value is -0.910. The third kappa shape index (κ3) is 7.09. The van der Waals surface area contributed by atoms with Crippen molar-refractivity contribution in [1.82, 2.24) is 0 Å². The van der Waals surface area contributed by atoms with Gasteiger partial charge in [0.25, 0.3) is 0 Å². The smallest absolute Gasteiger partial charge is 0.345 e. The first-order valence-corrected chi connectivity index (χ1v) is 3.63. The third-order valence-electron chi connectivity index (χ3n) is 1.54. The van der Waals surface area contributed by atoms with Crippen LogP contribution in [0.5, 0.6) is 0 Å². The molecule has 0 radical (unpaired) electrons. The molecule has 0 aliphatic heterocycles. The minimum Gasteiger partial charge on any atom is -0.345 e. The van der Waals surface area contributed by atoms with Crippen LogP contribution in [0.2, 0.25) is 0 Å². The second-order valence-corrected chi connectivity index (χ2v) is 2.31. The second kappa shape index (κ2) is 8.09. The molecule has 0 heterocycles. The molecule has 0 amide bonds.